The van der Waals surface area contributed by atoms with Gasteiger partial charge in [0.05, 0.1) is 12.2 Å². The molecule has 0 fully saturated rings. The molecule has 0 saturated heterocycles. The monoisotopic (exact) mass is 240 g/mol. The first kappa shape index (κ1) is 11.1. The Kier molecular flexibility index (Phi) is 2.92. The maximum atomic E-state index is 4.63. The van der Waals surface area contributed by atoms with Crippen molar-refractivity contribution >= 4 is 5.82 Å². The van der Waals surface area contributed by atoms with Crippen molar-refractivity contribution < 1.29 is 0 Å². The van der Waals surface area contributed by atoms with Gasteiger partial charge in [0.1, 0.15) is 11.6 Å². The lowest BCUT2D eigenvalue weighted by Gasteiger charge is -2.28. The van der Waals surface area contributed by atoms with Crippen LogP contribution in [0.3, 0.4) is 0 Å². The molecule has 1 aliphatic heterocycles. The Balaban J connectivity index is 1.88. The van der Waals surface area contributed by atoms with Crippen LogP contribution in [0.5, 0.6) is 0 Å². The van der Waals surface area contributed by atoms with Gasteiger partial charge in [-0.1, -0.05) is 13.0 Å². The fourth-order valence-electron chi connectivity index (χ4n) is 2.25. The Hall–Kier alpha value is -1.97. The Morgan fingerprint density at radius 2 is 2.22 bits per heavy atom. The number of fused-ring (bicyclic) bond motifs is 1. The second-order valence-corrected chi connectivity index (χ2v) is 4.47. The highest BCUT2D eigenvalue weighted by Gasteiger charge is 2.18. The number of anilines is 1. The molecule has 0 bridgehead atoms. The zero-order valence-corrected chi connectivity index (χ0v) is 10.5. The van der Waals surface area contributed by atoms with E-state index in [1.165, 1.54) is 5.56 Å². The lowest BCUT2D eigenvalue weighted by molar-refractivity contribution is 0.685. The van der Waals surface area contributed by atoms with Gasteiger partial charge in [0, 0.05) is 25.4 Å². The molecule has 2 aromatic heterocycles. The molecule has 0 amide bonds. The number of hydrogen-bond donors (Lipinski definition) is 0. The molecule has 4 heteroatoms. The predicted molar refractivity (Wildman–Crippen MR) is 70.4 cm³/mol. The third kappa shape index (κ3) is 2.06. The molecule has 0 radical (unpaired) electrons. The molecule has 18 heavy (non-hydrogen) atoms. The van der Waals surface area contributed by atoms with Gasteiger partial charge in [-0.3, -0.25) is 0 Å². The molecule has 0 atom stereocenters. The normalized spacial score (nSPS) is 14.4. The van der Waals surface area contributed by atoms with Crippen LogP contribution in [-0.4, -0.2) is 21.5 Å². The summed E-state index contributed by atoms with van der Waals surface area (Å²) in [5.41, 5.74) is 2.43. The van der Waals surface area contributed by atoms with Gasteiger partial charge in [0.25, 0.3) is 0 Å². The first-order chi connectivity index (χ1) is 8.86. The molecule has 4 nitrogen and oxygen atoms in total. The maximum absolute atomic E-state index is 4.63. The van der Waals surface area contributed by atoms with Crippen molar-refractivity contribution in [3.8, 4) is 0 Å². The second-order valence-electron chi connectivity index (χ2n) is 4.47. The zero-order valence-electron chi connectivity index (χ0n) is 10.5. The van der Waals surface area contributed by atoms with Crippen LogP contribution in [0.4, 0.5) is 5.82 Å². The molecule has 0 saturated carbocycles. The first-order valence-electron chi connectivity index (χ1n) is 6.36. The Morgan fingerprint density at radius 1 is 1.28 bits per heavy atom. The van der Waals surface area contributed by atoms with Gasteiger partial charge >= 0.3 is 0 Å². The lowest BCUT2D eigenvalue weighted by atomic mass is 10.1. The van der Waals surface area contributed by atoms with E-state index in [0.717, 1.165) is 43.3 Å². The smallest absolute Gasteiger partial charge is 0.128 e. The van der Waals surface area contributed by atoms with E-state index in [2.05, 4.69) is 26.8 Å². The standard InChI is InChI=1S/C14H16N4/c1-2-13-16-9-11-6-8-18(10-12(11)17-13)14-5-3-4-7-15-14/h3-5,7,9H,2,6,8,10H2,1H3. The number of pyridine rings is 1. The molecule has 0 unspecified atom stereocenters. The third-order valence-corrected chi connectivity index (χ3v) is 3.29. The second kappa shape index (κ2) is 4.72. The van der Waals surface area contributed by atoms with Crippen LogP contribution in [0.25, 0.3) is 0 Å². The van der Waals surface area contributed by atoms with Gasteiger partial charge in [-0.2, -0.15) is 0 Å². The summed E-state index contributed by atoms with van der Waals surface area (Å²) in [6.45, 7) is 3.90. The summed E-state index contributed by atoms with van der Waals surface area (Å²) in [6, 6.07) is 6.01. The van der Waals surface area contributed by atoms with Crippen LogP contribution in [0.15, 0.2) is 30.6 Å². The minimum atomic E-state index is 0.835. The number of hydrogen-bond acceptors (Lipinski definition) is 4. The fourth-order valence-corrected chi connectivity index (χ4v) is 2.25. The summed E-state index contributed by atoms with van der Waals surface area (Å²) in [5, 5.41) is 0. The topological polar surface area (TPSA) is 41.9 Å². The first-order valence-corrected chi connectivity index (χ1v) is 6.36. The fraction of sp³-hybridized carbons (Fsp3) is 0.357. The largest absolute Gasteiger partial charge is 0.350 e. The third-order valence-electron chi connectivity index (χ3n) is 3.29. The summed E-state index contributed by atoms with van der Waals surface area (Å²) >= 11 is 0. The van der Waals surface area contributed by atoms with Crippen LogP contribution in [0.1, 0.15) is 24.0 Å². The number of rotatable bonds is 2. The van der Waals surface area contributed by atoms with E-state index in [4.69, 9.17) is 0 Å². The highest BCUT2D eigenvalue weighted by molar-refractivity contribution is 5.41. The molecule has 2 aromatic rings. The van der Waals surface area contributed by atoms with Crippen molar-refractivity contribution in [1.29, 1.82) is 0 Å². The van der Waals surface area contributed by atoms with Gasteiger partial charge < -0.3 is 4.90 Å². The quantitative estimate of drug-likeness (QED) is 0.805. The van der Waals surface area contributed by atoms with Crippen molar-refractivity contribution in [2.75, 3.05) is 11.4 Å². The van der Waals surface area contributed by atoms with E-state index in [1.54, 1.807) is 0 Å². The van der Waals surface area contributed by atoms with E-state index in [-0.39, 0.29) is 0 Å². The maximum Gasteiger partial charge on any atom is 0.128 e. The molecule has 1 aliphatic rings. The molecule has 0 aromatic carbocycles. The lowest BCUT2D eigenvalue weighted by Crippen LogP contribution is -2.32. The Morgan fingerprint density at radius 3 is 3.00 bits per heavy atom. The highest BCUT2D eigenvalue weighted by atomic mass is 15.2. The van der Waals surface area contributed by atoms with Gasteiger partial charge in [0.15, 0.2) is 0 Å². The van der Waals surface area contributed by atoms with Crippen molar-refractivity contribution in [1.82, 2.24) is 15.0 Å². The van der Waals surface area contributed by atoms with E-state index < -0.39 is 0 Å². The summed E-state index contributed by atoms with van der Waals surface area (Å²) in [7, 11) is 0. The van der Waals surface area contributed by atoms with Crippen molar-refractivity contribution in [3.05, 3.63) is 47.7 Å². The van der Waals surface area contributed by atoms with Gasteiger partial charge in [0.2, 0.25) is 0 Å². The summed E-state index contributed by atoms with van der Waals surface area (Å²) in [4.78, 5) is 15.7. The molecule has 0 aliphatic carbocycles. The highest BCUT2D eigenvalue weighted by Crippen LogP contribution is 2.21. The average molecular weight is 240 g/mol. The van der Waals surface area contributed by atoms with Crippen LogP contribution in [0.2, 0.25) is 0 Å². The average Bonchev–Trinajstić information content (AvgIpc) is 2.47. The summed E-state index contributed by atoms with van der Waals surface area (Å²) in [6.07, 6.45) is 5.70. The van der Waals surface area contributed by atoms with E-state index >= 15 is 0 Å². The van der Waals surface area contributed by atoms with Crippen molar-refractivity contribution in [2.24, 2.45) is 0 Å². The van der Waals surface area contributed by atoms with E-state index in [9.17, 15) is 0 Å². The van der Waals surface area contributed by atoms with E-state index in [0.29, 0.717) is 0 Å². The van der Waals surface area contributed by atoms with Gasteiger partial charge in [-0.25, -0.2) is 15.0 Å². The van der Waals surface area contributed by atoms with Crippen LogP contribution in [0, 0.1) is 0 Å². The van der Waals surface area contributed by atoms with E-state index in [1.807, 2.05) is 30.6 Å². The predicted octanol–water partition coefficient (Wildman–Crippen LogP) is 2.00. The molecular weight excluding hydrogens is 224 g/mol. The molecule has 92 valence electrons. The molecule has 0 N–H and O–H groups in total. The summed E-state index contributed by atoms with van der Waals surface area (Å²) in [5.74, 6) is 1.96. The minimum absolute atomic E-state index is 0.835. The molecule has 3 rings (SSSR count). The SMILES string of the molecule is CCc1ncc2c(n1)CN(c1ccccn1)CC2. The zero-order chi connectivity index (χ0) is 12.4. The molecule has 0 spiro atoms. The van der Waals surface area contributed by atoms with Crippen molar-refractivity contribution in [2.45, 2.75) is 26.3 Å². The van der Waals surface area contributed by atoms with Crippen molar-refractivity contribution in [3.63, 3.8) is 0 Å². The Labute approximate surface area is 107 Å². The van der Waals surface area contributed by atoms with Crippen LogP contribution in [-0.2, 0) is 19.4 Å². The molecule has 3 heterocycles. The number of nitrogens with zero attached hydrogens (tertiary/aromatic N) is 4. The summed E-state index contributed by atoms with van der Waals surface area (Å²) < 4.78 is 0. The van der Waals surface area contributed by atoms with Crippen LogP contribution >= 0.6 is 0 Å². The minimum Gasteiger partial charge on any atom is -0.350 e. The van der Waals surface area contributed by atoms with Gasteiger partial charge in [-0.05, 0) is 24.1 Å². The number of aryl methyl sites for hydroxylation is 1. The number of aromatic nitrogens is 3. The molecular formula is C14H16N4. The van der Waals surface area contributed by atoms with Gasteiger partial charge in [-0.15, -0.1) is 0 Å². The van der Waals surface area contributed by atoms with Crippen LogP contribution < -0.4 is 4.90 Å². The Bertz CT molecular complexity index is 539.